The molecule has 0 saturated carbocycles. The van der Waals surface area contributed by atoms with Crippen molar-refractivity contribution in [3.05, 3.63) is 64.7 Å². The second-order valence-corrected chi connectivity index (χ2v) is 4.20. The first kappa shape index (κ1) is 13.2. The molecule has 0 amide bonds. The number of benzene rings is 2. The third-order valence-electron chi connectivity index (χ3n) is 2.51. The van der Waals surface area contributed by atoms with Crippen molar-refractivity contribution >= 4 is 17.4 Å². The van der Waals surface area contributed by atoms with Crippen LogP contribution in [0.2, 0.25) is 5.02 Å². The fourth-order valence-corrected chi connectivity index (χ4v) is 1.79. The molecule has 0 aliphatic rings. The van der Waals surface area contributed by atoms with Crippen molar-refractivity contribution in [2.24, 2.45) is 0 Å². The van der Waals surface area contributed by atoms with Gasteiger partial charge in [0.1, 0.15) is 5.75 Å². The Morgan fingerprint density at radius 2 is 1.89 bits per heavy atom. The summed E-state index contributed by atoms with van der Waals surface area (Å²) in [5.74, 6) is 5.67. The molecule has 2 rings (SSSR count). The molecule has 0 spiro atoms. The van der Waals surface area contributed by atoms with Crippen molar-refractivity contribution in [1.29, 1.82) is 0 Å². The molecular formula is C16H11ClO2. The molecule has 3 heteroatoms. The van der Waals surface area contributed by atoms with Gasteiger partial charge in [-0.15, -0.1) is 0 Å². The second-order valence-electron chi connectivity index (χ2n) is 3.79. The third kappa shape index (κ3) is 3.37. The van der Waals surface area contributed by atoms with Gasteiger partial charge in [-0.2, -0.15) is 0 Å². The molecule has 0 radical (unpaired) electrons. The molecule has 2 aromatic rings. The van der Waals surface area contributed by atoms with E-state index < -0.39 is 0 Å². The van der Waals surface area contributed by atoms with Crippen LogP contribution in [0, 0.1) is 11.8 Å². The van der Waals surface area contributed by atoms with Crippen molar-refractivity contribution in [3.63, 3.8) is 0 Å². The zero-order valence-corrected chi connectivity index (χ0v) is 11.1. The fraction of sp³-hybridized carbons (Fsp3) is 0.0625. The second kappa shape index (κ2) is 6.08. The van der Waals surface area contributed by atoms with E-state index in [1.165, 1.54) is 7.11 Å². The average molecular weight is 271 g/mol. The summed E-state index contributed by atoms with van der Waals surface area (Å²) in [6.07, 6.45) is 0. The summed E-state index contributed by atoms with van der Waals surface area (Å²) in [4.78, 5) is 11.9. The molecule has 0 saturated heterocycles. The van der Waals surface area contributed by atoms with Gasteiger partial charge in [-0.3, -0.25) is 4.79 Å². The summed E-state index contributed by atoms with van der Waals surface area (Å²) in [6.45, 7) is 0. The number of methoxy groups -OCH3 is 1. The zero-order chi connectivity index (χ0) is 13.7. The van der Waals surface area contributed by atoms with E-state index in [9.17, 15) is 4.79 Å². The van der Waals surface area contributed by atoms with E-state index in [1.807, 2.05) is 30.3 Å². The van der Waals surface area contributed by atoms with Crippen LogP contribution in [0.5, 0.6) is 5.75 Å². The Morgan fingerprint density at radius 1 is 1.16 bits per heavy atom. The molecule has 0 aliphatic heterocycles. The SMILES string of the molecule is COc1ccc(C(=O)C#Cc2ccccc2)cc1Cl. The van der Waals surface area contributed by atoms with Crippen LogP contribution in [0.1, 0.15) is 15.9 Å². The molecule has 0 heterocycles. The minimum atomic E-state index is -0.270. The maximum absolute atomic E-state index is 11.9. The first-order chi connectivity index (χ1) is 9.20. The van der Waals surface area contributed by atoms with Crippen LogP contribution < -0.4 is 4.74 Å². The van der Waals surface area contributed by atoms with Crippen molar-refractivity contribution in [2.45, 2.75) is 0 Å². The number of ether oxygens (including phenoxy) is 1. The zero-order valence-electron chi connectivity index (χ0n) is 10.3. The van der Waals surface area contributed by atoms with Gasteiger partial charge in [0, 0.05) is 11.1 Å². The molecule has 0 unspecified atom stereocenters. The van der Waals surface area contributed by atoms with E-state index in [0.29, 0.717) is 16.3 Å². The summed E-state index contributed by atoms with van der Waals surface area (Å²) in [5.41, 5.74) is 1.25. The van der Waals surface area contributed by atoms with Crippen molar-refractivity contribution in [3.8, 4) is 17.6 Å². The van der Waals surface area contributed by atoms with Crippen LogP contribution in [-0.2, 0) is 0 Å². The molecule has 2 nitrogen and oxygen atoms in total. The molecule has 19 heavy (non-hydrogen) atoms. The topological polar surface area (TPSA) is 26.3 Å². The van der Waals surface area contributed by atoms with Gasteiger partial charge in [0.25, 0.3) is 0 Å². The number of Topliss-reactive ketones (excluding diaryl/α,β-unsaturated/α-hetero) is 1. The number of carbonyl (C=O) groups is 1. The molecule has 0 aliphatic carbocycles. The summed E-state index contributed by atoms with van der Waals surface area (Å²) < 4.78 is 5.03. The summed E-state index contributed by atoms with van der Waals surface area (Å²) in [5, 5.41) is 0.398. The quantitative estimate of drug-likeness (QED) is 0.616. The van der Waals surface area contributed by atoms with Crippen LogP contribution in [0.4, 0.5) is 0 Å². The maximum atomic E-state index is 11.9. The highest BCUT2D eigenvalue weighted by atomic mass is 35.5. The first-order valence-corrected chi connectivity index (χ1v) is 6.03. The van der Waals surface area contributed by atoms with Gasteiger partial charge in [0.2, 0.25) is 5.78 Å². The monoisotopic (exact) mass is 270 g/mol. The highest BCUT2D eigenvalue weighted by Crippen LogP contribution is 2.24. The van der Waals surface area contributed by atoms with Gasteiger partial charge in [0.15, 0.2) is 0 Å². The summed E-state index contributed by atoms with van der Waals surface area (Å²) in [6, 6.07) is 14.2. The van der Waals surface area contributed by atoms with E-state index >= 15 is 0 Å². The third-order valence-corrected chi connectivity index (χ3v) is 2.80. The van der Waals surface area contributed by atoms with Crippen LogP contribution >= 0.6 is 11.6 Å². The largest absolute Gasteiger partial charge is 0.495 e. The Labute approximate surface area is 117 Å². The number of ketones is 1. The van der Waals surface area contributed by atoms with E-state index in [-0.39, 0.29) is 5.78 Å². The van der Waals surface area contributed by atoms with Gasteiger partial charge < -0.3 is 4.74 Å². The Hall–Kier alpha value is -2.24. The van der Waals surface area contributed by atoms with Crippen molar-refractivity contribution in [2.75, 3.05) is 7.11 Å². The van der Waals surface area contributed by atoms with Crippen LogP contribution in [0.25, 0.3) is 0 Å². The summed E-state index contributed by atoms with van der Waals surface area (Å²) >= 11 is 5.97. The number of halogens is 1. The van der Waals surface area contributed by atoms with E-state index in [2.05, 4.69) is 11.8 Å². The molecule has 0 N–H and O–H groups in total. The Bertz CT molecular complexity index is 651. The minimum Gasteiger partial charge on any atom is -0.495 e. The first-order valence-electron chi connectivity index (χ1n) is 5.65. The lowest BCUT2D eigenvalue weighted by Gasteiger charge is -2.02. The van der Waals surface area contributed by atoms with Crippen molar-refractivity contribution in [1.82, 2.24) is 0 Å². The molecule has 2 aromatic carbocycles. The predicted octanol–water partition coefficient (Wildman–Crippen LogP) is 3.58. The van der Waals surface area contributed by atoms with Gasteiger partial charge in [0.05, 0.1) is 12.1 Å². The van der Waals surface area contributed by atoms with E-state index in [4.69, 9.17) is 16.3 Å². The molecule has 0 atom stereocenters. The molecule has 0 bridgehead atoms. The lowest BCUT2D eigenvalue weighted by molar-refractivity contribution is 0.105. The molecular weight excluding hydrogens is 260 g/mol. The van der Waals surface area contributed by atoms with Gasteiger partial charge >= 0.3 is 0 Å². The Kier molecular flexibility index (Phi) is 4.22. The smallest absolute Gasteiger partial charge is 0.236 e. The predicted molar refractivity (Wildman–Crippen MR) is 75.7 cm³/mol. The van der Waals surface area contributed by atoms with E-state index in [1.54, 1.807) is 18.2 Å². The summed E-state index contributed by atoms with van der Waals surface area (Å²) in [7, 11) is 1.53. The molecule has 0 fully saturated rings. The van der Waals surface area contributed by atoms with Gasteiger partial charge in [-0.1, -0.05) is 35.7 Å². The number of hydrogen-bond donors (Lipinski definition) is 0. The standard InChI is InChI=1S/C16H11ClO2/c1-19-16-10-8-13(11-14(16)17)15(18)9-7-12-5-3-2-4-6-12/h2-6,8,10-11H,1H3. The fourth-order valence-electron chi connectivity index (χ4n) is 1.53. The van der Waals surface area contributed by atoms with Crippen LogP contribution in [0.3, 0.4) is 0 Å². The van der Waals surface area contributed by atoms with E-state index in [0.717, 1.165) is 5.56 Å². The average Bonchev–Trinajstić information content (AvgIpc) is 2.45. The molecule has 94 valence electrons. The van der Waals surface area contributed by atoms with Crippen molar-refractivity contribution < 1.29 is 9.53 Å². The van der Waals surface area contributed by atoms with Crippen LogP contribution in [-0.4, -0.2) is 12.9 Å². The Balaban J connectivity index is 2.22. The molecule has 0 aromatic heterocycles. The number of hydrogen-bond acceptors (Lipinski definition) is 2. The number of carbonyl (C=O) groups excluding carboxylic acids is 1. The Morgan fingerprint density at radius 3 is 2.53 bits per heavy atom. The normalized spacial score (nSPS) is 9.37. The lowest BCUT2D eigenvalue weighted by atomic mass is 10.1. The maximum Gasteiger partial charge on any atom is 0.236 e. The minimum absolute atomic E-state index is 0.270. The lowest BCUT2D eigenvalue weighted by Crippen LogP contribution is -1.96. The van der Waals surface area contributed by atoms with Gasteiger partial charge in [-0.25, -0.2) is 0 Å². The van der Waals surface area contributed by atoms with Gasteiger partial charge in [-0.05, 0) is 36.3 Å². The highest BCUT2D eigenvalue weighted by Gasteiger charge is 2.06. The number of rotatable bonds is 2. The highest BCUT2D eigenvalue weighted by molar-refractivity contribution is 6.32. The van der Waals surface area contributed by atoms with Crippen LogP contribution in [0.15, 0.2) is 48.5 Å².